The zero-order chi connectivity index (χ0) is 17.6. The first-order chi connectivity index (χ1) is 10.6. The predicted molar refractivity (Wildman–Crippen MR) is 83.2 cm³/mol. The fraction of sp³-hybridized carbons (Fsp3) is 0.562. The number of alkyl carbamates (subject to hydrolysis) is 1. The van der Waals surface area contributed by atoms with Gasteiger partial charge in [0, 0.05) is 19.1 Å². The number of benzene rings is 1. The number of amides is 1. The second-order valence-electron chi connectivity index (χ2n) is 6.28. The van der Waals surface area contributed by atoms with Gasteiger partial charge in [0.2, 0.25) is 0 Å². The van der Waals surface area contributed by atoms with Gasteiger partial charge >= 0.3 is 6.09 Å². The molecule has 0 heterocycles. The molecule has 1 aromatic rings. The number of phenolic OH excluding ortho intramolecular Hbond substituents is 1. The van der Waals surface area contributed by atoms with Crippen molar-refractivity contribution in [1.82, 2.24) is 10.6 Å². The van der Waals surface area contributed by atoms with E-state index in [4.69, 9.17) is 9.84 Å². The molecule has 23 heavy (non-hydrogen) atoms. The summed E-state index contributed by atoms with van der Waals surface area (Å²) in [6.45, 7) is 7.78. The van der Waals surface area contributed by atoms with Crippen molar-refractivity contribution in [2.45, 2.75) is 52.3 Å². The van der Waals surface area contributed by atoms with Crippen LogP contribution in [0, 0.1) is 11.6 Å². The Morgan fingerprint density at radius 2 is 1.87 bits per heavy atom. The normalized spacial score (nSPS) is 12.8. The Bertz CT molecular complexity index is 522. The lowest BCUT2D eigenvalue weighted by Gasteiger charge is -2.22. The van der Waals surface area contributed by atoms with E-state index in [1.807, 2.05) is 6.92 Å². The number of carbonyl (C=O) groups is 1. The van der Waals surface area contributed by atoms with Gasteiger partial charge in [0.15, 0.2) is 17.4 Å². The zero-order valence-electron chi connectivity index (χ0n) is 13.9. The highest BCUT2D eigenvalue weighted by Crippen LogP contribution is 2.21. The second-order valence-corrected chi connectivity index (χ2v) is 6.28. The minimum absolute atomic E-state index is 0.0811. The fourth-order valence-electron chi connectivity index (χ4n) is 1.86. The molecule has 0 spiro atoms. The van der Waals surface area contributed by atoms with Crippen molar-refractivity contribution in [2.24, 2.45) is 0 Å². The summed E-state index contributed by atoms with van der Waals surface area (Å²) >= 11 is 0. The number of aromatic hydroxyl groups is 1. The number of hydrogen-bond donors (Lipinski definition) is 3. The Morgan fingerprint density at radius 1 is 1.30 bits per heavy atom. The number of rotatable bonds is 6. The molecule has 0 aromatic heterocycles. The molecule has 0 aliphatic carbocycles. The van der Waals surface area contributed by atoms with Crippen molar-refractivity contribution in [3.8, 4) is 5.75 Å². The van der Waals surface area contributed by atoms with Gasteiger partial charge in [0.1, 0.15) is 5.60 Å². The minimum atomic E-state index is -0.998. The van der Waals surface area contributed by atoms with Crippen LogP contribution in [0.25, 0.3) is 0 Å². The van der Waals surface area contributed by atoms with Crippen LogP contribution in [-0.4, -0.2) is 29.4 Å². The Kier molecular flexibility index (Phi) is 6.75. The monoisotopic (exact) mass is 330 g/mol. The molecular formula is C16H24F2N2O3. The van der Waals surface area contributed by atoms with E-state index in [0.717, 1.165) is 12.1 Å². The first-order valence-corrected chi connectivity index (χ1v) is 7.49. The summed E-state index contributed by atoms with van der Waals surface area (Å²) in [5.41, 5.74) is -0.200. The molecule has 0 fully saturated rings. The molecule has 0 aliphatic rings. The van der Waals surface area contributed by atoms with E-state index in [2.05, 4.69) is 10.6 Å². The number of halogens is 2. The summed E-state index contributed by atoms with van der Waals surface area (Å²) in [4.78, 5) is 11.6. The van der Waals surface area contributed by atoms with Crippen LogP contribution in [0.15, 0.2) is 12.1 Å². The molecule has 0 radical (unpaired) electrons. The molecule has 1 unspecified atom stereocenters. The largest absolute Gasteiger partial charge is 0.503 e. The van der Waals surface area contributed by atoms with Gasteiger partial charge in [0.05, 0.1) is 0 Å². The smallest absolute Gasteiger partial charge is 0.407 e. The molecule has 3 N–H and O–H groups in total. The first kappa shape index (κ1) is 19.2. The van der Waals surface area contributed by atoms with Crippen LogP contribution in [0.1, 0.15) is 39.7 Å². The Labute approximate surface area is 135 Å². The van der Waals surface area contributed by atoms with Gasteiger partial charge in [-0.25, -0.2) is 13.6 Å². The molecule has 1 aromatic carbocycles. The van der Waals surface area contributed by atoms with Gasteiger partial charge in [-0.15, -0.1) is 0 Å². The Hall–Kier alpha value is -1.89. The topological polar surface area (TPSA) is 70.6 Å². The van der Waals surface area contributed by atoms with Gasteiger partial charge in [-0.05, 0) is 44.9 Å². The van der Waals surface area contributed by atoms with E-state index in [1.165, 1.54) is 0 Å². The average molecular weight is 330 g/mol. The highest BCUT2D eigenvalue weighted by atomic mass is 19.1. The third-order valence-corrected chi connectivity index (χ3v) is 3.06. The van der Waals surface area contributed by atoms with Crippen LogP contribution in [-0.2, 0) is 11.3 Å². The summed E-state index contributed by atoms with van der Waals surface area (Å²) in [7, 11) is 0. The highest BCUT2D eigenvalue weighted by molar-refractivity contribution is 5.67. The molecule has 7 heteroatoms. The molecule has 130 valence electrons. The number of carbonyl (C=O) groups excluding carboxylic acids is 1. The maximum Gasteiger partial charge on any atom is 0.407 e. The number of phenols is 1. The van der Waals surface area contributed by atoms with E-state index in [9.17, 15) is 13.6 Å². The minimum Gasteiger partial charge on any atom is -0.503 e. The summed E-state index contributed by atoms with van der Waals surface area (Å²) in [6, 6.07) is 2.06. The standard InChI is InChI=1S/C16H24F2N2O3/c1-5-11(9-20-15(22)23-16(2,3)4)19-8-10-6-12(17)14(21)13(18)7-10/h6-7,11,19,21H,5,8-9H2,1-4H3,(H,20,22). The lowest BCUT2D eigenvalue weighted by molar-refractivity contribution is 0.0522. The van der Waals surface area contributed by atoms with Crippen LogP contribution in [0.3, 0.4) is 0 Å². The van der Waals surface area contributed by atoms with E-state index < -0.39 is 29.1 Å². The molecule has 5 nitrogen and oxygen atoms in total. The van der Waals surface area contributed by atoms with Gasteiger partial charge in [-0.2, -0.15) is 0 Å². The van der Waals surface area contributed by atoms with E-state index >= 15 is 0 Å². The van der Waals surface area contributed by atoms with Gasteiger partial charge in [-0.1, -0.05) is 6.92 Å². The second kappa shape index (κ2) is 8.10. The average Bonchev–Trinajstić information content (AvgIpc) is 2.42. The van der Waals surface area contributed by atoms with Crippen molar-refractivity contribution in [2.75, 3.05) is 6.54 Å². The third-order valence-electron chi connectivity index (χ3n) is 3.06. The van der Waals surface area contributed by atoms with Crippen LogP contribution in [0.4, 0.5) is 13.6 Å². The fourth-order valence-corrected chi connectivity index (χ4v) is 1.86. The number of hydrogen-bond acceptors (Lipinski definition) is 4. The summed E-state index contributed by atoms with van der Waals surface area (Å²) in [5, 5.41) is 14.8. The summed E-state index contributed by atoms with van der Waals surface area (Å²) < 4.78 is 31.7. The molecule has 0 saturated heterocycles. The third kappa shape index (κ3) is 6.81. The molecule has 1 rings (SSSR count). The first-order valence-electron chi connectivity index (χ1n) is 7.49. The van der Waals surface area contributed by atoms with Crippen LogP contribution in [0.2, 0.25) is 0 Å². The predicted octanol–water partition coefficient (Wildman–Crippen LogP) is 3.06. The maximum absolute atomic E-state index is 13.3. The van der Waals surface area contributed by atoms with Crippen LogP contribution in [0.5, 0.6) is 5.75 Å². The lowest BCUT2D eigenvalue weighted by Crippen LogP contribution is -2.42. The summed E-state index contributed by atoms with van der Waals surface area (Å²) in [6.07, 6.45) is 0.193. The summed E-state index contributed by atoms with van der Waals surface area (Å²) in [5.74, 6) is -2.98. The van der Waals surface area contributed by atoms with Crippen LogP contribution >= 0.6 is 0 Å². The van der Waals surface area contributed by atoms with Gasteiger partial charge < -0.3 is 20.5 Å². The SMILES string of the molecule is CCC(CNC(=O)OC(C)(C)C)NCc1cc(F)c(O)c(F)c1. The zero-order valence-corrected chi connectivity index (χ0v) is 13.9. The van der Waals surface area contributed by atoms with Gasteiger partial charge in [0.25, 0.3) is 0 Å². The van der Waals surface area contributed by atoms with Crippen molar-refractivity contribution < 1.29 is 23.4 Å². The Morgan fingerprint density at radius 3 is 2.35 bits per heavy atom. The molecular weight excluding hydrogens is 306 g/mol. The molecule has 0 saturated carbocycles. The van der Waals surface area contributed by atoms with E-state index in [-0.39, 0.29) is 12.6 Å². The molecule has 0 aliphatic heterocycles. The number of ether oxygens (including phenoxy) is 1. The van der Waals surface area contributed by atoms with Crippen molar-refractivity contribution in [3.05, 3.63) is 29.3 Å². The van der Waals surface area contributed by atoms with Crippen molar-refractivity contribution in [3.63, 3.8) is 0 Å². The molecule has 0 bridgehead atoms. The van der Waals surface area contributed by atoms with Crippen molar-refractivity contribution in [1.29, 1.82) is 0 Å². The van der Waals surface area contributed by atoms with Crippen molar-refractivity contribution >= 4 is 6.09 Å². The van der Waals surface area contributed by atoms with Gasteiger partial charge in [-0.3, -0.25) is 0 Å². The number of nitrogens with one attached hydrogen (secondary N) is 2. The lowest BCUT2D eigenvalue weighted by atomic mass is 10.1. The van der Waals surface area contributed by atoms with Crippen LogP contribution < -0.4 is 10.6 Å². The Balaban J connectivity index is 2.50. The van der Waals surface area contributed by atoms with E-state index in [0.29, 0.717) is 18.5 Å². The van der Waals surface area contributed by atoms with E-state index in [1.54, 1.807) is 20.8 Å². The molecule has 1 amide bonds. The highest BCUT2D eigenvalue weighted by Gasteiger charge is 2.17. The maximum atomic E-state index is 13.3. The molecule has 1 atom stereocenters. The quantitative estimate of drug-likeness (QED) is 0.750.